The molecule has 2 aromatic rings. The first-order valence-corrected chi connectivity index (χ1v) is 6.62. The van der Waals surface area contributed by atoms with E-state index >= 15 is 0 Å². The van der Waals surface area contributed by atoms with Gasteiger partial charge in [0.2, 0.25) is 0 Å². The molecule has 20 heavy (non-hydrogen) atoms. The van der Waals surface area contributed by atoms with E-state index in [4.69, 9.17) is 9.47 Å². The van der Waals surface area contributed by atoms with E-state index in [-0.39, 0.29) is 5.97 Å². The van der Waals surface area contributed by atoms with E-state index in [1.165, 1.54) is 0 Å². The first kappa shape index (κ1) is 14.1. The van der Waals surface area contributed by atoms with Crippen LogP contribution in [0, 0.1) is 13.8 Å². The van der Waals surface area contributed by atoms with Gasteiger partial charge in [-0.25, -0.2) is 4.79 Å². The standard InChI is InChI=1S/C17H18O3/c1-4-19-15-7-5-6-14(11-15)17(18)20-16-9-12(2)8-13(3)10-16/h5-11H,4H2,1-3H3. The summed E-state index contributed by atoms with van der Waals surface area (Å²) in [5, 5.41) is 0. The maximum Gasteiger partial charge on any atom is 0.343 e. The Morgan fingerprint density at radius 3 is 2.35 bits per heavy atom. The van der Waals surface area contributed by atoms with Crippen molar-refractivity contribution in [3.05, 3.63) is 59.2 Å². The molecule has 0 N–H and O–H groups in total. The number of hydrogen-bond donors (Lipinski definition) is 0. The minimum Gasteiger partial charge on any atom is -0.494 e. The van der Waals surface area contributed by atoms with Gasteiger partial charge in [0.1, 0.15) is 11.5 Å². The van der Waals surface area contributed by atoms with Crippen molar-refractivity contribution in [3.8, 4) is 11.5 Å². The Kier molecular flexibility index (Phi) is 4.41. The summed E-state index contributed by atoms with van der Waals surface area (Å²) in [6.45, 7) is 6.41. The summed E-state index contributed by atoms with van der Waals surface area (Å²) >= 11 is 0. The molecule has 0 aliphatic rings. The lowest BCUT2D eigenvalue weighted by molar-refractivity contribution is 0.0734. The molecule has 0 atom stereocenters. The average molecular weight is 270 g/mol. The molecule has 0 aliphatic heterocycles. The van der Waals surface area contributed by atoms with Crippen LogP contribution in [-0.4, -0.2) is 12.6 Å². The van der Waals surface area contributed by atoms with Gasteiger partial charge in [0.05, 0.1) is 12.2 Å². The zero-order valence-electron chi connectivity index (χ0n) is 12.0. The second-order valence-electron chi connectivity index (χ2n) is 4.67. The van der Waals surface area contributed by atoms with Crippen molar-refractivity contribution in [2.24, 2.45) is 0 Å². The fraction of sp³-hybridized carbons (Fsp3) is 0.235. The quantitative estimate of drug-likeness (QED) is 0.624. The van der Waals surface area contributed by atoms with E-state index in [1.807, 2.05) is 45.0 Å². The first-order chi connectivity index (χ1) is 9.58. The van der Waals surface area contributed by atoms with Gasteiger partial charge in [-0.3, -0.25) is 0 Å². The van der Waals surface area contributed by atoms with E-state index in [9.17, 15) is 4.79 Å². The number of aryl methyl sites for hydroxylation is 2. The van der Waals surface area contributed by atoms with E-state index in [2.05, 4.69) is 0 Å². The number of esters is 1. The van der Waals surface area contributed by atoms with Crippen molar-refractivity contribution < 1.29 is 14.3 Å². The van der Waals surface area contributed by atoms with Crippen LogP contribution in [0.4, 0.5) is 0 Å². The number of ether oxygens (including phenoxy) is 2. The molecule has 0 saturated heterocycles. The first-order valence-electron chi connectivity index (χ1n) is 6.62. The molecule has 2 rings (SSSR count). The van der Waals surface area contributed by atoms with Crippen LogP contribution in [0.25, 0.3) is 0 Å². The summed E-state index contributed by atoms with van der Waals surface area (Å²) in [5.74, 6) is 0.855. The number of benzene rings is 2. The van der Waals surface area contributed by atoms with Gasteiger partial charge in [0.15, 0.2) is 0 Å². The molecule has 0 saturated carbocycles. The Labute approximate surface area is 119 Å². The Bertz CT molecular complexity index is 597. The second-order valence-corrected chi connectivity index (χ2v) is 4.67. The van der Waals surface area contributed by atoms with Gasteiger partial charge < -0.3 is 9.47 Å². The van der Waals surface area contributed by atoms with Crippen LogP contribution in [0.15, 0.2) is 42.5 Å². The Balaban J connectivity index is 2.17. The maximum atomic E-state index is 12.1. The van der Waals surface area contributed by atoms with Crippen LogP contribution in [0.5, 0.6) is 11.5 Å². The van der Waals surface area contributed by atoms with E-state index in [0.717, 1.165) is 11.1 Å². The fourth-order valence-corrected chi connectivity index (χ4v) is 2.04. The van der Waals surface area contributed by atoms with Gasteiger partial charge in [0, 0.05) is 0 Å². The Morgan fingerprint density at radius 2 is 1.70 bits per heavy atom. The van der Waals surface area contributed by atoms with Crippen LogP contribution in [0.2, 0.25) is 0 Å². The largest absolute Gasteiger partial charge is 0.494 e. The molecule has 0 amide bonds. The second kappa shape index (κ2) is 6.24. The number of hydrogen-bond acceptors (Lipinski definition) is 3. The van der Waals surface area contributed by atoms with Crippen molar-refractivity contribution in [3.63, 3.8) is 0 Å². The number of carbonyl (C=O) groups excluding carboxylic acids is 1. The van der Waals surface area contributed by atoms with Gasteiger partial charge in [-0.2, -0.15) is 0 Å². The molecule has 2 aromatic carbocycles. The molecule has 0 radical (unpaired) electrons. The van der Waals surface area contributed by atoms with Crippen molar-refractivity contribution >= 4 is 5.97 Å². The zero-order valence-corrected chi connectivity index (χ0v) is 12.0. The molecule has 3 nitrogen and oxygen atoms in total. The van der Waals surface area contributed by atoms with E-state index in [0.29, 0.717) is 23.7 Å². The van der Waals surface area contributed by atoms with Gasteiger partial charge in [0.25, 0.3) is 0 Å². The van der Waals surface area contributed by atoms with Crippen LogP contribution in [0.3, 0.4) is 0 Å². The average Bonchev–Trinajstić information content (AvgIpc) is 2.38. The molecule has 3 heteroatoms. The molecular weight excluding hydrogens is 252 g/mol. The lowest BCUT2D eigenvalue weighted by Crippen LogP contribution is -2.09. The van der Waals surface area contributed by atoms with Crippen molar-refractivity contribution in [1.29, 1.82) is 0 Å². The van der Waals surface area contributed by atoms with Crippen molar-refractivity contribution in [2.75, 3.05) is 6.61 Å². The SMILES string of the molecule is CCOc1cccc(C(=O)Oc2cc(C)cc(C)c2)c1. The highest BCUT2D eigenvalue weighted by atomic mass is 16.5. The van der Waals surface area contributed by atoms with Crippen LogP contribution in [0.1, 0.15) is 28.4 Å². The Morgan fingerprint density at radius 1 is 1.00 bits per heavy atom. The zero-order chi connectivity index (χ0) is 14.5. The van der Waals surface area contributed by atoms with Gasteiger partial charge in [-0.15, -0.1) is 0 Å². The molecule has 0 aliphatic carbocycles. The van der Waals surface area contributed by atoms with Gasteiger partial charge in [-0.05, 0) is 62.2 Å². The molecule has 0 heterocycles. The number of carbonyl (C=O) groups is 1. The highest BCUT2D eigenvalue weighted by Crippen LogP contribution is 2.19. The van der Waals surface area contributed by atoms with Crippen molar-refractivity contribution in [1.82, 2.24) is 0 Å². The smallest absolute Gasteiger partial charge is 0.343 e. The summed E-state index contributed by atoms with van der Waals surface area (Å²) in [5.41, 5.74) is 2.61. The van der Waals surface area contributed by atoms with E-state index in [1.54, 1.807) is 18.2 Å². The third-order valence-electron chi connectivity index (χ3n) is 2.79. The van der Waals surface area contributed by atoms with Crippen LogP contribution >= 0.6 is 0 Å². The lowest BCUT2D eigenvalue weighted by Gasteiger charge is -2.08. The molecule has 0 bridgehead atoms. The fourth-order valence-electron chi connectivity index (χ4n) is 2.04. The summed E-state index contributed by atoms with van der Waals surface area (Å²) < 4.78 is 10.8. The third-order valence-corrected chi connectivity index (χ3v) is 2.79. The lowest BCUT2D eigenvalue weighted by atomic mass is 10.1. The maximum absolute atomic E-state index is 12.1. The Hall–Kier alpha value is -2.29. The normalized spacial score (nSPS) is 10.2. The summed E-state index contributed by atoms with van der Waals surface area (Å²) in [7, 11) is 0. The highest BCUT2D eigenvalue weighted by Gasteiger charge is 2.10. The van der Waals surface area contributed by atoms with E-state index < -0.39 is 0 Å². The molecule has 0 spiro atoms. The topological polar surface area (TPSA) is 35.5 Å². The van der Waals surface area contributed by atoms with Crippen molar-refractivity contribution in [2.45, 2.75) is 20.8 Å². The van der Waals surface area contributed by atoms with Crippen LogP contribution in [-0.2, 0) is 0 Å². The third kappa shape index (κ3) is 3.60. The summed E-state index contributed by atoms with van der Waals surface area (Å²) in [6.07, 6.45) is 0. The van der Waals surface area contributed by atoms with Gasteiger partial charge >= 0.3 is 5.97 Å². The summed E-state index contributed by atoms with van der Waals surface area (Å²) in [6, 6.07) is 12.7. The summed E-state index contributed by atoms with van der Waals surface area (Å²) in [4.78, 5) is 12.1. The van der Waals surface area contributed by atoms with Gasteiger partial charge in [-0.1, -0.05) is 12.1 Å². The molecule has 0 fully saturated rings. The molecule has 104 valence electrons. The predicted molar refractivity (Wildman–Crippen MR) is 78.5 cm³/mol. The highest BCUT2D eigenvalue weighted by molar-refractivity contribution is 5.91. The molecule has 0 unspecified atom stereocenters. The number of rotatable bonds is 4. The minimum atomic E-state index is -0.378. The minimum absolute atomic E-state index is 0.378. The predicted octanol–water partition coefficient (Wildman–Crippen LogP) is 3.92. The molecular formula is C17H18O3. The van der Waals surface area contributed by atoms with Crippen LogP contribution < -0.4 is 9.47 Å². The monoisotopic (exact) mass is 270 g/mol. The molecule has 0 aromatic heterocycles.